The fraction of sp³-hybridized carbons (Fsp3) is 0.180. The molecule has 0 bridgehead atoms. The van der Waals surface area contributed by atoms with Gasteiger partial charge in [0.15, 0.2) is 6.07 Å². The van der Waals surface area contributed by atoms with Gasteiger partial charge in [0.05, 0.1) is 44.5 Å². The van der Waals surface area contributed by atoms with Crippen molar-refractivity contribution in [2.75, 3.05) is 0 Å². The maximum atomic E-state index is 14.2. The number of fused-ring (bicyclic) bond motifs is 1. The van der Waals surface area contributed by atoms with E-state index in [1.165, 1.54) is 0 Å². The first-order valence-electron chi connectivity index (χ1n) is 21.3. The lowest BCUT2D eigenvalue weighted by atomic mass is 9.12. The number of Topliss-reactive ketones (excluding diaryl/α,β-unsaturated/α-hetero) is 1. The van der Waals surface area contributed by atoms with Crippen molar-refractivity contribution in [1.82, 2.24) is 0 Å². The van der Waals surface area contributed by atoms with Crippen LogP contribution in [0.3, 0.4) is 0 Å². The first-order valence-corrected chi connectivity index (χ1v) is 21.3. The largest absolute Gasteiger partial charge is 0.416 e. The highest BCUT2D eigenvalue weighted by Gasteiger charge is 2.47. The number of halogens is 24. The van der Waals surface area contributed by atoms with Gasteiger partial charge in [-0.1, -0.05) is 91.0 Å². The van der Waals surface area contributed by atoms with Gasteiger partial charge in [0.1, 0.15) is 6.15 Å². The number of hydrogen-bond donors (Lipinski definition) is 0. The van der Waals surface area contributed by atoms with Gasteiger partial charge in [-0.05, 0) is 36.4 Å². The van der Waals surface area contributed by atoms with Gasteiger partial charge in [0, 0.05) is 23.1 Å². The molecule has 412 valence electrons. The zero-order valence-corrected chi connectivity index (χ0v) is 37.9. The van der Waals surface area contributed by atoms with Gasteiger partial charge >= 0.3 is 49.4 Å². The Kier molecular flexibility index (Phi) is 15.7. The molecule has 0 aliphatic rings. The van der Waals surface area contributed by atoms with E-state index in [1.54, 1.807) is 22.8 Å². The van der Waals surface area contributed by atoms with Crippen LogP contribution in [0.4, 0.5) is 105 Å². The van der Waals surface area contributed by atoms with Gasteiger partial charge in [-0.3, -0.25) is 4.79 Å². The van der Waals surface area contributed by atoms with Crippen LogP contribution in [-0.4, -0.2) is 11.9 Å². The Morgan fingerprint density at radius 2 is 0.641 bits per heavy atom. The van der Waals surface area contributed by atoms with E-state index in [0.29, 0.717) is 11.3 Å². The normalized spacial score (nSPS) is 13.2. The number of carbonyl (C=O) groups is 1. The first-order chi connectivity index (χ1) is 35.6. The van der Waals surface area contributed by atoms with Crippen LogP contribution in [-0.2, 0) is 56.0 Å². The smallest absolute Gasteiger partial charge is 0.287 e. The van der Waals surface area contributed by atoms with Crippen LogP contribution in [0.1, 0.15) is 60.6 Å². The minimum atomic E-state index is -6.13. The number of hydrogen-bond acceptors (Lipinski definition) is 2. The maximum absolute atomic E-state index is 14.2. The third-order valence-electron chi connectivity index (χ3n) is 11.9. The molecule has 1 heterocycles. The Hall–Kier alpha value is -7.73. The highest BCUT2D eigenvalue weighted by atomic mass is 19.4. The summed E-state index contributed by atoms with van der Waals surface area (Å²) >= 11 is 0. The molecule has 1 aromatic heterocycles. The van der Waals surface area contributed by atoms with E-state index in [1.807, 2.05) is 48.5 Å². The number of benzene rings is 6. The third-order valence-corrected chi connectivity index (χ3v) is 11.9. The molecule has 0 saturated carbocycles. The minimum Gasteiger partial charge on any atom is -0.287 e. The summed E-state index contributed by atoms with van der Waals surface area (Å²) in [6.45, 7) is 0.161. The van der Waals surface area contributed by atoms with Gasteiger partial charge in [0.2, 0.25) is 17.8 Å². The van der Waals surface area contributed by atoms with Gasteiger partial charge in [-0.25, -0.2) is 0 Å². The SMILES string of the molecule is FC(F)(F)c1cc([B-](c2cc(C(F)(F)F)cc(C(F)(F)F)c2)(c2cc(C(F)(F)F)cc(C(F)(F)F)c2)c2cc(C(F)(F)F)cc(C(F)(F)F)c2)cc(C(F)(F)F)c1.N#Cc1ccc2ccccc2[n+]1CC(=O)c1ccccc1. The summed E-state index contributed by atoms with van der Waals surface area (Å²) in [6.07, 6.45) is -54.8. The van der Waals surface area contributed by atoms with E-state index < -0.39 is 195 Å². The lowest BCUT2D eigenvalue weighted by Crippen LogP contribution is -2.75. The summed E-state index contributed by atoms with van der Waals surface area (Å²) in [5, 5.41) is 10.3. The van der Waals surface area contributed by atoms with Crippen LogP contribution in [0.15, 0.2) is 140 Å². The number of nitriles is 1. The number of carbonyl (C=O) groups excluding carboxylic acids is 1. The number of rotatable bonds is 7. The van der Waals surface area contributed by atoms with Crippen LogP contribution in [0, 0.1) is 11.3 Å². The van der Waals surface area contributed by atoms with Gasteiger partial charge < -0.3 is 0 Å². The van der Waals surface area contributed by atoms with Crippen LogP contribution < -0.4 is 26.4 Å². The molecule has 0 atom stereocenters. The van der Waals surface area contributed by atoms with Crippen LogP contribution in [0.25, 0.3) is 10.9 Å². The molecule has 0 spiro atoms. The Bertz CT molecular complexity index is 2970. The molecule has 0 saturated heterocycles. The van der Waals surface area contributed by atoms with Crippen LogP contribution in [0.2, 0.25) is 0 Å². The molecule has 7 rings (SSSR count). The highest BCUT2D eigenvalue weighted by Crippen LogP contribution is 2.41. The van der Waals surface area contributed by atoms with Crippen molar-refractivity contribution < 1.29 is 115 Å². The van der Waals surface area contributed by atoms with Crippen molar-refractivity contribution in [3.8, 4) is 6.07 Å². The summed E-state index contributed by atoms with van der Waals surface area (Å²) in [7, 11) is 0. The summed E-state index contributed by atoms with van der Waals surface area (Å²) < 4.78 is 343. The quantitative estimate of drug-likeness (QED) is 0.0691. The Morgan fingerprint density at radius 1 is 0.372 bits per heavy atom. The molecule has 0 aliphatic carbocycles. The maximum Gasteiger partial charge on any atom is 0.416 e. The number of ketones is 1. The summed E-state index contributed by atoms with van der Waals surface area (Å²) in [5.41, 5.74) is -28.2. The molecule has 0 fully saturated rings. The molecular formula is C50H25BF24N2O. The zero-order valence-electron chi connectivity index (χ0n) is 37.9. The molecule has 28 heteroatoms. The molecule has 0 N–H and O–H groups in total. The number of alkyl halides is 24. The molecule has 6 aromatic carbocycles. The highest BCUT2D eigenvalue weighted by molar-refractivity contribution is 7.20. The molecule has 78 heavy (non-hydrogen) atoms. The Labute approximate surface area is 421 Å². The fourth-order valence-electron chi connectivity index (χ4n) is 8.46. The lowest BCUT2D eigenvalue weighted by Gasteiger charge is -2.46. The standard InChI is InChI=1S/C32H12BF24.C18H13N2O/c34-25(35,36)13-1-14(26(37,38)39)6-21(5-13)33(22-7-15(27(40,41)42)2-16(8-22)28(43,44)45,23-9-17(29(46,47)48)3-18(10-23)30(49,50)51)24-11-19(31(52,53)54)4-20(12-24)32(55,56)57;19-12-16-11-10-14-6-4-5-9-17(14)20(16)13-18(21)15-7-2-1-3-8-15/h1-12H;1-11H,13H2/q-1;+1. The second-order valence-corrected chi connectivity index (χ2v) is 17.0. The van der Waals surface area contributed by atoms with Crippen LogP contribution >= 0.6 is 0 Å². The average molecular weight is 1140 g/mol. The van der Waals surface area contributed by atoms with Gasteiger partial charge in [-0.2, -0.15) is 137 Å². The van der Waals surface area contributed by atoms with Crippen molar-refractivity contribution in [2.24, 2.45) is 0 Å². The molecule has 7 aromatic rings. The van der Waals surface area contributed by atoms with E-state index >= 15 is 0 Å². The zero-order chi connectivity index (χ0) is 58.6. The molecule has 0 radical (unpaired) electrons. The third kappa shape index (κ3) is 13.0. The second-order valence-electron chi connectivity index (χ2n) is 17.0. The van der Waals surface area contributed by atoms with Crippen LogP contribution in [0.5, 0.6) is 0 Å². The van der Waals surface area contributed by atoms with Crippen molar-refractivity contribution in [2.45, 2.75) is 56.0 Å². The first kappa shape index (κ1) is 59.5. The molecular weight excluding hydrogens is 1110 g/mol. The monoisotopic (exact) mass is 1140 g/mol. The summed E-state index contributed by atoms with van der Waals surface area (Å²) in [6, 6.07) is 13.9. The molecule has 3 nitrogen and oxygen atoms in total. The number of pyridine rings is 1. The van der Waals surface area contributed by atoms with Gasteiger partial charge in [0.25, 0.3) is 5.69 Å². The van der Waals surface area contributed by atoms with E-state index in [2.05, 4.69) is 6.07 Å². The predicted molar refractivity (Wildman–Crippen MR) is 230 cm³/mol. The minimum absolute atomic E-state index is 0.00606. The fourth-order valence-corrected chi connectivity index (χ4v) is 8.46. The molecule has 0 amide bonds. The Balaban J connectivity index is 0.000000387. The van der Waals surface area contributed by atoms with Gasteiger partial charge in [-0.15, -0.1) is 0 Å². The van der Waals surface area contributed by atoms with E-state index in [-0.39, 0.29) is 12.3 Å². The van der Waals surface area contributed by atoms with Crippen molar-refractivity contribution in [3.05, 3.63) is 195 Å². The average Bonchev–Trinajstić information content (AvgIpc) is 3.37. The molecule has 0 unspecified atom stereocenters. The summed E-state index contributed by atoms with van der Waals surface area (Å²) in [4.78, 5) is 12.4. The van der Waals surface area contributed by atoms with Crippen molar-refractivity contribution >= 4 is 44.7 Å². The molecule has 0 aliphatic heterocycles. The predicted octanol–water partition coefficient (Wildman–Crippen LogP) is 14.1. The number of para-hydroxylation sites is 1. The van der Waals surface area contributed by atoms with Crippen molar-refractivity contribution in [3.63, 3.8) is 0 Å². The number of aromatic nitrogens is 1. The Morgan fingerprint density at radius 3 is 0.910 bits per heavy atom. The van der Waals surface area contributed by atoms with E-state index in [9.17, 15) is 115 Å². The van der Waals surface area contributed by atoms with E-state index in [4.69, 9.17) is 0 Å². The second kappa shape index (κ2) is 20.6. The topological polar surface area (TPSA) is 44.7 Å². The van der Waals surface area contributed by atoms with E-state index in [0.717, 1.165) is 10.9 Å². The summed E-state index contributed by atoms with van der Waals surface area (Å²) in [5.74, 6) is -0.00606. The lowest BCUT2D eigenvalue weighted by molar-refractivity contribution is -0.659. The number of nitrogens with zero attached hydrogens (tertiary/aromatic N) is 2. The van der Waals surface area contributed by atoms with Crippen molar-refractivity contribution in [1.29, 1.82) is 5.26 Å².